The molecule has 0 fully saturated rings. The molecule has 118 valence electrons. The van der Waals surface area contributed by atoms with E-state index in [-0.39, 0.29) is 17.9 Å². The second-order valence-corrected chi connectivity index (χ2v) is 6.05. The van der Waals surface area contributed by atoms with Gasteiger partial charge in [0.25, 0.3) is 0 Å². The first kappa shape index (κ1) is 17.3. The first-order valence-corrected chi connectivity index (χ1v) is 7.27. The molecule has 1 amide bonds. The quantitative estimate of drug-likeness (QED) is 0.705. The van der Waals surface area contributed by atoms with Gasteiger partial charge < -0.3 is 20.5 Å². The number of phenols is 1. The Labute approximate surface area is 126 Å². The van der Waals surface area contributed by atoms with Gasteiger partial charge >= 0.3 is 6.09 Å². The van der Waals surface area contributed by atoms with Gasteiger partial charge in [0.2, 0.25) is 0 Å². The smallest absolute Gasteiger partial charge is 0.407 e. The number of benzene rings is 1. The molecule has 0 bridgehead atoms. The first-order chi connectivity index (χ1) is 9.78. The molecule has 5 nitrogen and oxygen atoms in total. The summed E-state index contributed by atoms with van der Waals surface area (Å²) < 4.78 is 5.15. The van der Waals surface area contributed by atoms with Crippen LogP contribution in [0.3, 0.4) is 0 Å². The fraction of sp³-hybridized carbons (Fsp3) is 0.562. The minimum atomic E-state index is -0.466. The van der Waals surface area contributed by atoms with E-state index in [0.29, 0.717) is 6.54 Å². The maximum absolute atomic E-state index is 11.4. The van der Waals surface area contributed by atoms with Crippen LogP contribution in [0.5, 0.6) is 5.75 Å². The lowest BCUT2D eigenvalue weighted by Crippen LogP contribution is -2.34. The molecule has 1 atom stereocenters. The number of phenolic OH excluding ortho intramolecular Hbond substituents is 1. The molecule has 5 heteroatoms. The Morgan fingerprint density at radius 3 is 2.67 bits per heavy atom. The maximum atomic E-state index is 11.4. The lowest BCUT2D eigenvalue weighted by atomic mass is 10.1. The van der Waals surface area contributed by atoms with E-state index in [1.165, 1.54) is 0 Å². The lowest BCUT2D eigenvalue weighted by molar-refractivity contribution is 0.0527. The molecule has 3 N–H and O–H groups in total. The van der Waals surface area contributed by atoms with Crippen molar-refractivity contribution in [1.29, 1.82) is 0 Å². The van der Waals surface area contributed by atoms with Gasteiger partial charge in [0.15, 0.2) is 0 Å². The predicted octanol–water partition coefficient (Wildman–Crippen LogP) is 2.96. The third kappa shape index (κ3) is 7.56. The zero-order chi connectivity index (χ0) is 15.9. The van der Waals surface area contributed by atoms with Crippen molar-refractivity contribution in [2.24, 2.45) is 0 Å². The van der Waals surface area contributed by atoms with Crippen molar-refractivity contribution in [1.82, 2.24) is 10.6 Å². The van der Waals surface area contributed by atoms with Gasteiger partial charge in [-0.25, -0.2) is 4.79 Å². The molecule has 1 unspecified atom stereocenters. The largest absolute Gasteiger partial charge is 0.508 e. The third-order valence-electron chi connectivity index (χ3n) is 2.84. The Bertz CT molecular complexity index is 455. The highest BCUT2D eigenvalue weighted by molar-refractivity contribution is 5.67. The predicted molar refractivity (Wildman–Crippen MR) is 83.4 cm³/mol. The van der Waals surface area contributed by atoms with Gasteiger partial charge in [0, 0.05) is 12.6 Å². The number of aromatic hydroxyl groups is 1. The summed E-state index contributed by atoms with van der Waals surface area (Å²) in [5.74, 6) is 0.271. The Hall–Kier alpha value is -1.75. The molecule has 21 heavy (non-hydrogen) atoms. The van der Waals surface area contributed by atoms with E-state index in [0.717, 1.165) is 18.5 Å². The SMILES string of the molecule is CC(NCCCNC(=O)OC(C)(C)C)c1cccc(O)c1. The highest BCUT2D eigenvalue weighted by atomic mass is 16.6. The average molecular weight is 294 g/mol. The summed E-state index contributed by atoms with van der Waals surface area (Å²) in [6.07, 6.45) is 0.422. The molecule has 1 rings (SSSR count). The first-order valence-electron chi connectivity index (χ1n) is 7.27. The van der Waals surface area contributed by atoms with Gasteiger partial charge in [-0.1, -0.05) is 12.1 Å². The number of rotatable bonds is 6. The Kier molecular flexibility index (Phi) is 6.49. The van der Waals surface area contributed by atoms with Crippen molar-refractivity contribution in [2.45, 2.75) is 45.8 Å². The lowest BCUT2D eigenvalue weighted by Gasteiger charge is -2.20. The van der Waals surface area contributed by atoms with E-state index >= 15 is 0 Å². The van der Waals surface area contributed by atoms with Crippen LogP contribution >= 0.6 is 0 Å². The van der Waals surface area contributed by atoms with Gasteiger partial charge in [-0.05, 0) is 58.4 Å². The zero-order valence-electron chi connectivity index (χ0n) is 13.3. The number of hydrogen-bond acceptors (Lipinski definition) is 4. The normalized spacial score (nSPS) is 12.8. The average Bonchev–Trinajstić information content (AvgIpc) is 2.36. The second-order valence-electron chi connectivity index (χ2n) is 6.05. The Morgan fingerprint density at radius 2 is 2.05 bits per heavy atom. The maximum Gasteiger partial charge on any atom is 0.407 e. The molecule has 0 aromatic heterocycles. The highest BCUT2D eigenvalue weighted by Gasteiger charge is 2.15. The third-order valence-corrected chi connectivity index (χ3v) is 2.84. The fourth-order valence-corrected chi connectivity index (χ4v) is 1.82. The molecular weight excluding hydrogens is 268 g/mol. The highest BCUT2D eigenvalue weighted by Crippen LogP contribution is 2.17. The van der Waals surface area contributed by atoms with Gasteiger partial charge in [0.05, 0.1) is 0 Å². The molecule has 1 aromatic carbocycles. The molecule has 0 aliphatic heterocycles. The number of carbonyl (C=O) groups excluding carboxylic acids is 1. The summed E-state index contributed by atoms with van der Waals surface area (Å²) in [5, 5.41) is 15.5. The number of alkyl carbamates (subject to hydrolysis) is 1. The summed E-state index contributed by atoms with van der Waals surface area (Å²) >= 11 is 0. The van der Waals surface area contributed by atoms with E-state index in [4.69, 9.17) is 4.74 Å². The van der Waals surface area contributed by atoms with Crippen LogP contribution < -0.4 is 10.6 Å². The molecule has 0 saturated carbocycles. The van der Waals surface area contributed by atoms with Crippen molar-refractivity contribution in [3.05, 3.63) is 29.8 Å². The number of amides is 1. The van der Waals surface area contributed by atoms with Crippen LogP contribution in [0.1, 0.15) is 45.7 Å². The van der Waals surface area contributed by atoms with E-state index in [9.17, 15) is 9.90 Å². The minimum absolute atomic E-state index is 0.152. The Balaban J connectivity index is 2.18. The Morgan fingerprint density at radius 1 is 1.33 bits per heavy atom. The monoisotopic (exact) mass is 294 g/mol. The molecule has 0 aliphatic carbocycles. The van der Waals surface area contributed by atoms with E-state index in [1.807, 2.05) is 39.8 Å². The summed E-state index contributed by atoms with van der Waals surface area (Å²) in [6, 6.07) is 7.35. The van der Waals surface area contributed by atoms with E-state index < -0.39 is 5.60 Å². The van der Waals surface area contributed by atoms with Crippen LogP contribution in [0.25, 0.3) is 0 Å². The van der Waals surface area contributed by atoms with Crippen molar-refractivity contribution < 1.29 is 14.6 Å². The van der Waals surface area contributed by atoms with Crippen LogP contribution in [0.15, 0.2) is 24.3 Å². The molecule has 0 heterocycles. The summed E-state index contributed by atoms with van der Waals surface area (Å²) in [5.41, 5.74) is 0.571. The molecule has 0 aliphatic rings. The van der Waals surface area contributed by atoms with Crippen molar-refractivity contribution in [3.8, 4) is 5.75 Å². The van der Waals surface area contributed by atoms with Gasteiger partial charge in [-0.3, -0.25) is 0 Å². The summed E-state index contributed by atoms with van der Waals surface area (Å²) in [7, 11) is 0. The zero-order valence-corrected chi connectivity index (χ0v) is 13.3. The standard InChI is InChI=1S/C16H26N2O3/c1-12(13-7-5-8-14(19)11-13)17-9-6-10-18-15(20)21-16(2,3)4/h5,7-8,11-12,17,19H,6,9-10H2,1-4H3,(H,18,20). The van der Waals surface area contributed by atoms with E-state index in [2.05, 4.69) is 10.6 Å². The topological polar surface area (TPSA) is 70.6 Å². The van der Waals surface area contributed by atoms with Crippen molar-refractivity contribution in [2.75, 3.05) is 13.1 Å². The number of nitrogens with one attached hydrogen (secondary N) is 2. The second kappa shape index (κ2) is 7.88. The van der Waals surface area contributed by atoms with Crippen LogP contribution in [-0.2, 0) is 4.74 Å². The van der Waals surface area contributed by atoms with Crippen LogP contribution in [0, 0.1) is 0 Å². The number of ether oxygens (including phenoxy) is 1. The minimum Gasteiger partial charge on any atom is -0.508 e. The van der Waals surface area contributed by atoms with Gasteiger partial charge in [-0.2, -0.15) is 0 Å². The van der Waals surface area contributed by atoms with Crippen LogP contribution in [-0.4, -0.2) is 29.9 Å². The number of carbonyl (C=O) groups is 1. The molecule has 0 saturated heterocycles. The number of hydrogen-bond donors (Lipinski definition) is 3. The molecule has 0 spiro atoms. The molecule has 1 aromatic rings. The van der Waals surface area contributed by atoms with E-state index in [1.54, 1.807) is 12.1 Å². The van der Waals surface area contributed by atoms with Crippen molar-refractivity contribution >= 4 is 6.09 Å². The van der Waals surface area contributed by atoms with Gasteiger partial charge in [-0.15, -0.1) is 0 Å². The van der Waals surface area contributed by atoms with Crippen LogP contribution in [0.4, 0.5) is 4.79 Å². The van der Waals surface area contributed by atoms with Gasteiger partial charge in [0.1, 0.15) is 11.4 Å². The molecular formula is C16H26N2O3. The molecule has 0 radical (unpaired) electrons. The van der Waals surface area contributed by atoms with Crippen molar-refractivity contribution in [3.63, 3.8) is 0 Å². The van der Waals surface area contributed by atoms with Crippen LogP contribution in [0.2, 0.25) is 0 Å². The summed E-state index contributed by atoms with van der Waals surface area (Å²) in [4.78, 5) is 11.4. The summed E-state index contributed by atoms with van der Waals surface area (Å²) in [6.45, 7) is 8.89. The fourth-order valence-electron chi connectivity index (χ4n) is 1.82.